The summed E-state index contributed by atoms with van der Waals surface area (Å²) in [7, 11) is 0. The van der Waals surface area contributed by atoms with Gasteiger partial charge in [0.1, 0.15) is 11.4 Å². The summed E-state index contributed by atoms with van der Waals surface area (Å²) < 4.78 is 47.0. The molecule has 0 spiro atoms. The number of carbonyl (C=O) groups is 1. The molecule has 0 aliphatic rings. The fourth-order valence-electron chi connectivity index (χ4n) is 2.28. The molecule has 0 saturated carbocycles. The van der Waals surface area contributed by atoms with Gasteiger partial charge >= 0.3 is 12.5 Å². The van der Waals surface area contributed by atoms with E-state index < -0.39 is 18.1 Å². The van der Waals surface area contributed by atoms with Crippen molar-refractivity contribution in [2.75, 3.05) is 6.54 Å². The molecular formula is C19H26F3NO3. The highest BCUT2D eigenvalue weighted by atomic mass is 19.4. The van der Waals surface area contributed by atoms with Crippen molar-refractivity contribution in [2.24, 2.45) is 5.92 Å². The van der Waals surface area contributed by atoms with E-state index >= 15 is 0 Å². The predicted molar refractivity (Wildman–Crippen MR) is 94.7 cm³/mol. The Labute approximate surface area is 152 Å². The number of rotatable bonds is 6. The molecule has 0 bridgehead atoms. The number of hydrogen-bond donors (Lipinski definition) is 0. The summed E-state index contributed by atoms with van der Waals surface area (Å²) in [5.41, 5.74) is 0.295. The largest absolute Gasteiger partial charge is 0.573 e. The Morgan fingerprint density at radius 1 is 1.23 bits per heavy atom. The van der Waals surface area contributed by atoms with E-state index in [1.807, 2.05) is 13.8 Å². The average molecular weight is 373 g/mol. The van der Waals surface area contributed by atoms with Crippen LogP contribution in [-0.2, 0) is 11.3 Å². The van der Waals surface area contributed by atoms with E-state index in [1.165, 1.54) is 23.1 Å². The number of benzene rings is 1. The number of alkyl halides is 3. The third-order valence-corrected chi connectivity index (χ3v) is 3.07. The molecular weight excluding hydrogens is 347 g/mol. The fraction of sp³-hybridized carbons (Fsp3) is 0.526. The van der Waals surface area contributed by atoms with E-state index in [1.54, 1.807) is 26.8 Å². The lowest BCUT2D eigenvalue weighted by Crippen LogP contribution is -2.38. The number of amides is 1. The van der Waals surface area contributed by atoms with Gasteiger partial charge in [0, 0.05) is 13.1 Å². The predicted octanol–water partition coefficient (Wildman–Crippen LogP) is 5.62. The van der Waals surface area contributed by atoms with Crippen molar-refractivity contribution in [2.45, 2.75) is 53.1 Å². The Hall–Kier alpha value is -2.18. The molecule has 0 aliphatic carbocycles. The molecule has 1 aromatic rings. The minimum absolute atomic E-state index is 0.100. The van der Waals surface area contributed by atoms with Gasteiger partial charge in [-0.15, -0.1) is 13.2 Å². The quantitative estimate of drug-likeness (QED) is 0.649. The van der Waals surface area contributed by atoms with Gasteiger partial charge in [0.2, 0.25) is 0 Å². The smallest absolute Gasteiger partial charge is 0.444 e. The highest BCUT2D eigenvalue weighted by molar-refractivity contribution is 5.68. The molecule has 7 heteroatoms. The summed E-state index contributed by atoms with van der Waals surface area (Å²) in [6.07, 6.45) is -3.89. The minimum atomic E-state index is -4.79. The van der Waals surface area contributed by atoms with Gasteiger partial charge in [0.05, 0.1) is 0 Å². The van der Waals surface area contributed by atoms with Gasteiger partial charge in [0.25, 0.3) is 0 Å². The molecule has 26 heavy (non-hydrogen) atoms. The first kappa shape index (κ1) is 21.9. The van der Waals surface area contributed by atoms with Gasteiger partial charge in [-0.2, -0.15) is 0 Å². The summed E-state index contributed by atoms with van der Waals surface area (Å²) in [5, 5.41) is 0. The van der Waals surface area contributed by atoms with Crippen LogP contribution in [0.25, 0.3) is 6.08 Å². The molecule has 0 unspecified atom stereocenters. The van der Waals surface area contributed by atoms with E-state index in [2.05, 4.69) is 11.3 Å². The van der Waals surface area contributed by atoms with Crippen molar-refractivity contribution in [1.82, 2.24) is 4.90 Å². The monoisotopic (exact) mass is 373 g/mol. The Morgan fingerprint density at radius 3 is 2.31 bits per heavy atom. The van der Waals surface area contributed by atoms with E-state index in [9.17, 15) is 18.0 Å². The highest BCUT2D eigenvalue weighted by Crippen LogP contribution is 2.26. The molecule has 146 valence electrons. The van der Waals surface area contributed by atoms with Crippen molar-refractivity contribution in [3.05, 3.63) is 35.9 Å². The number of ether oxygens (including phenoxy) is 2. The summed E-state index contributed by atoms with van der Waals surface area (Å²) in [6.45, 7) is 13.2. The van der Waals surface area contributed by atoms with Gasteiger partial charge in [-0.3, -0.25) is 0 Å². The first-order chi connectivity index (χ1) is 11.8. The van der Waals surface area contributed by atoms with Crippen LogP contribution < -0.4 is 4.74 Å². The topological polar surface area (TPSA) is 38.8 Å². The van der Waals surface area contributed by atoms with Gasteiger partial charge in [-0.05, 0) is 56.0 Å². The molecule has 0 aromatic heterocycles. The van der Waals surface area contributed by atoms with Crippen molar-refractivity contribution >= 4 is 12.2 Å². The van der Waals surface area contributed by atoms with Crippen molar-refractivity contribution < 1.29 is 27.4 Å². The lowest BCUT2D eigenvalue weighted by molar-refractivity contribution is -0.274. The minimum Gasteiger partial charge on any atom is -0.444 e. The van der Waals surface area contributed by atoms with Crippen molar-refractivity contribution in [3.63, 3.8) is 0 Å². The van der Waals surface area contributed by atoms with Crippen LogP contribution in [0.5, 0.6) is 5.75 Å². The van der Waals surface area contributed by atoms with Crippen LogP contribution in [0.3, 0.4) is 0 Å². The van der Waals surface area contributed by atoms with Gasteiger partial charge in [-0.25, -0.2) is 4.79 Å². The molecule has 0 atom stereocenters. The summed E-state index contributed by atoms with van der Waals surface area (Å²) in [6, 6.07) is 4.16. The molecule has 0 heterocycles. The van der Waals surface area contributed by atoms with E-state index in [0.29, 0.717) is 17.7 Å². The van der Waals surface area contributed by atoms with Crippen LogP contribution in [-0.4, -0.2) is 29.5 Å². The van der Waals surface area contributed by atoms with Crippen molar-refractivity contribution in [3.8, 4) is 5.75 Å². The van der Waals surface area contributed by atoms with Crippen LogP contribution in [0, 0.1) is 5.92 Å². The Morgan fingerprint density at radius 2 is 1.85 bits per heavy atom. The second-order valence-electron chi connectivity index (χ2n) is 7.42. The first-order valence-electron chi connectivity index (χ1n) is 8.29. The van der Waals surface area contributed by atoms with Crippen LogP contribution in [0.1, 0.15) is 45.7 Å². The van der Waals surface area contributed by atoms with Crippen LogP contribution in [0.4, 0.5) is 18.0 Å². The van der Waals surface area contributed by atoms with E-state index in [0.717, 1.165) is 0 Å². The highest BCUT2D eigenvalue weighted by Gasteiger charge is 2.31. The third-order valence-electron chi connectivity index (χ3n) is 3.07. The zero-order valence-corrected chi connectivity index (χ0v) is 15.8. The lowest BCUT2D eigenvalue weighted by Gasteiger charge is -2.29. The number of carbonyl (C=O) groups excluding carboxylic acids is 1. The zero-order chi connectivity index (χ0) is 20.1. The molecule has 0 radical (unpaired) electrons. The molecule has 4 nitrogen and oxygen atoms in total. The Balaban J connectivity index is 3.10. The lowest BCUT2D eigenvalue weighted by atomic mass is 10.1. The second-order valence-corrected chi connectivity index (χ2v) is 7.42. The van der Waals surface area contributed by atoms with Crippen LogP contribution in [0.15, 0.2) is 24.8 Å². The maximum Gasteiger partial charge on any atom is 0.573 e. The van der Waals surface area contributed by atoms with E-state index in [4.69, 9.17) is 4.74 Å². The van der Waals surface area contributed by atoms with Gasteiger partial charge in [-0.1, -0.05) is 26.5 Å². The number of hydrogen-bond acceptors (Lipinski definition) is 3. The molecule has 0 fully saturated rings. The molecule has 1 amide bonds. The molecule has 0 N–H and O–H groups in total. The maximum absolute atomic E-state index is 12.5. The van der Waals surface area contributed by atoms with Gasteiger partial charge in [0.15, 0.2) is 0 Å². The Bertz CT molecular complexity index is 634. The Kier molecular flexibility index (Phi) is 7.12. The second kappa shape index (κ2) is 8.47. The summed E-state index contributed by atoms with van der Waals surface area (Å²) >= 11 is 0. The third kappa shape index (κ3) is 8.27. The average Bonchev–Trinajstić information content (AvgIpc) is 2.42. The summed E-state index contributed by atoms with van der Waals surface area (Å²) in [4.78, 5) is 13.9. The van der Waals surface area contributed by atoms with E-state index in [-0.39, 0.29) is 18.2 Å². The number of nitrogens with zero attached hydrogens (tertiary/aromatic N) is 1. The normalized spacial score (nSPS) is 12.0. The van der Waals surface area contributed by atoms with Crippen LogP contribution in [0.2, 0.25) is 0 Å². The first-order valence-corrected chi connectivity index (χ1v) is 8.29. The number of halogens is 3. The molecule has 1 aromatic carbocycles. The fourth-order valence-corrected chi connectivity index (χ4v) is 2.28. The molecule has 0 aliphatic heterocycles. The molecule has 0 saturated heterocycles. The van der Waals surface area contributed by atoms with Gasteiger partial charge < -0.3 is 14.4 Å². The molecule has 1 rings (SSSR count). The SMILES string of the molecule is C=Cc1cc(CN(CC(C)C)C(=O)OC(C)(C)C)cc(OC(F)(F)F)c1. The van der Waals surface area contributed by atoms with Crippen LogP contribution >= 0.6 is 0 Å². The standard InChI is InChI=1S/C19H26F3NO3/c1-7-14-8-15(10-16(9-14)25-19(20,21)22)12-23(11-13(2)3)17(24)26-18(4,5)6/h7-10,13H,1,11-12H2,2-6H3. The van der Waals surface area contributed by atoms with Crippen molar-refractivity contribution in [1.29, 1.82) is 0 Å². The maximum atomic E-state index is 12.5. The summed E-state index contributed by atoms with van der Waals surface area (Å²) in [5.74, 6) is -0.186. The zero-order valence-electron chi connectivity index (χ0n) is 15.8.